The number of aliphatic hydroxyl groups is 1. The van der Waals surface area contributed by atoms with Gasteiger partial charge in [-0.05, 0) is 66.9 Å². The van der Waals surface area contributed by atoms with Crippen LogP contribution in [0.1, 0.15) is 43.9 Å². The van der Waals surface area contributed by atoms with Crippen molar-refractivity contribution in [3.8, 4) is 17.2 Å². The molecule has 37 heavy (non-hydrogen) atoms. The van der Waals surface area contributed by atoms with E-state index in [-0.39, 0.29) is 11.3 Å². The lowest BCUT2D eigenvalue weighted by atomic mass is 9.95. The second-order valence-corrected chi connectivity index (χ2v) is 8.66. The van der Waals surface area contributed by atoms with E-state index in [2.05, 4.69) is 0 Å². The highest BCUT2D eigenvalue weighted by atomic mass is 16.5. The van der Waals surface area contributed by atoms with E-state index < -0.39 is 17.7 Å². The number of methoxy groups -OCH3 is 1. The summed E-state index contributed by atoms with van der Waals surface area (Å²) in [5.74, 6) is 0.0659. The number of amides is 1. The molecule has 1 N–H and O–H groups in total. The van der Waals surface area contributed by atoms with Crippen molar-refractivity contribution in [3.05, 3.63) is 89.5 Å². The molecule has 0 spiro atoms. The van der Waals surface area contributed by atoms with Gasteiger partial charge >= 0.3 is 0 Å². The number of anilines is 1. The topological polar surface area (TPSA) is 85.3 Å². The highest BCUT2D eigenvalue weighted by Crippen LogP contribution is 2.43. The van der Waals surface area contributed by atoms with Crippen LogP contribution in [0.15, 0.2) is 78.4 Å². The van der Waals surface area contributed by atoms with Gasteiger partial charge in [0.25, 0.3) is 11.7 Å². The minimum absolute atomic E-state index is 0.00249. The van der Waals surface area contributed by atoms with Gasteiger partial charge in [0.2, 0.25) is 0 Å². The van der Waals surface area contributed by atoms with Crippen molar-refractivity contribution in [1.82, 2.24) is 0 Å². The first kappa shape index (κ1) is 25.8. The fraction of sp³-hybridized carbons (Fsp3) is 0.267. The summed E-state index contributed by atoms with van der Waals surface area (Å²) in [5.41, 5.74) is 1.53. The van der Waals surface area contributed by atoms with Crippen LogP contribution in [0.5, 0.6) is 17.2 Å². The Bertz CT molecular complexity index is 1300. The van der Waals surface area contributed by atoms with E-state index in [9.17, 15) is 14.7 Å². The van der Waals surface area contributed by atoms with Crippen LogP contribution < -0.4 is 19.1 Å². The number of benzene rings is 3. The molecule has 0 radical (unpaired) electrons. The number of nitrogens with zero attached hydrogens (tertiary/aromatic N) is 1. The number of hydrogen-bond acceptors (Lipinski definition) is 6. The SMILES string of the molecule is CCCOc1ccc(/C(O)=C2\C(=O)C(=O)N(c3cccc(OC)c3)C2c2cccc(OCCC)c2)cc1. The minimum Gasteiger partial charge on any atom is -0.507 e. The first-order valence-corrected chi connectivity index (χ1v) is 12.4. The molecule has 0 saturated carbocycles. The van der Waals surface area contributed by atoms with E-state index >= 15 is 0 Å². The summed E-state index contributed by atoms with van der Waals surface area (Å²) in [6, 6.07) is 20.1. The number of Topliss-reactive ketones (excluding diaryl/α,β-unsaturated/α-hetero) is 1. The van der Waals surface area contributed by atoms with Gasteiger partial charge < -0.3 is 19.3 Å². The van der Waals surface area contributed by atoms with Gasteiger partial charge in [0.1, 0.15) is 23.0 Å². The Morgan fingerprint density at radius 1 is 0.838 bits per heavy atom. The maximum atomic E-state index is 13.4. The first-order valence-electron chi connectivity index (χ1n) is 12.4. The van der Waals surface area contributed by atoms with Crippen molar-refractivity contribution >= 4 is 23.1 Å². The van der Waals surface area contributed by atoms with Crippen LogP contribution in [0, 0.1) is 0 Å². The van der Waals surface area contributed by atoms with Crippen LogP contribution in [-0.4, -0.2) is 37.1 Å². The first-order chi connectivity index (χ1) is 18.0. The Morgan fingerprint density at radius 3 is 2.16 bits per heavy atom. The van der Waals surface area contributed by atoms with Crippen LogP contribution in [0.25, 0.3) is 5.76 Å². The number of ether oxygens (including phenoxy) is 3. The highest BCUT2D eigenvalue weighted by Gasteiger charge is 2.47. The fourth-order valence-corrected chi connectivity index (χ4v) is 4.25. The summed E-state index contributed by atoms with van der Waals surface area (Å²) in [5, 5.41) is 11.4. The third-order valence-electron chi connectivity index (χ3n) is 6.02. The molecular weight excluding hydrogens is 470 g/mol. The second kappa shape index (κ2) is 11.6. The molecule has 3 aromatic carbocycles. The maximum absolute atomic E-state index is 13.4. The van der Waals surface area contributed by atoms with Gasteiger partial charge in [0.15, 0.2) is 0 Å². The molecule has 7 nitrogen and oxygen atoms in total. The Kier molecular flexibility index (Phi) is 8.13. The zero-order valence-electron chi connectivity index (χ0n) is 21.3. The monoisotopic (exact) mass is 501 g/mol. The molecule has 192 valence electrons. The lowest BCUT2D eigenvalue weighted by Crippen LogP contribution is -2.29. The molecule has 1 aliphatic heterocycles. The summed E-state index contributed by atoms with van der Waals surface area (Å²) >= 11 is 0. The number of rotatable bonds is 10. The summed E-state index contributed by atoms with van der Waals surface area (Å²) in [4.78, 5) is 28.2. The molecule has 0 aliphatic carbocycles. The number of ketones is 1. The zero-order chi connectivity index (χ0) is 26.4. The Labute approximate surface area is 216 Å². The lowest BCUT2D eigenvalue weighted by molar-refractivity contribution is -0.132. The molecule has 1 atom stereocenters. The molecule has 1 amide bonds. The third kappa shape index (κ3) is 5.45. The predicted molar refractivity (Wildman–Crippen MR) is 142 cm³/mol. The van der Waals surface area contributed by atoms with Crippen LogP contribution in [-0.2, 0) is 9.59 Å². The average molecular weight is 502 g/mol. The second-order valence-electron chi connectivity index (χ2n) is 8.66. The van der Waals surface area contributed by atoms with E-state index in [1.54, 1.807) is 54.6 Å². The predicted octanol–water partition coefficient (Wildman–Crippen LogP) is 5.90. The Hall–Kier alpha value is -4.26. The fourth-order valence-electron chi connectivity index (χ4n) is 4.25. The van der Waals surface area contributed by atoms with Crippen LogP contribution >= 0.6 is 0 Å². The molecule has 0 bridgehead atoms. The number of aliphatic hydroxyl groups excluding tert-OH is 1. The summed E-state index contributed by atoms with van der Waals surface area (Å²) in [6.07, 6.45) is 1.71. The third-order valence-corrected chi connectivity index (χ3v) is 6.02. The van der Waals surface area contributed by atoms with Crippen molar-refractivity contribution in [2.75, 3.05) is 25.2 Å². The zero-order valence-corrected chi connectivity index (χ0v) is 21.3. The van der Waals surface area contributed by atoms with E-state index in [0.717, 1.165) is 12.8 Å². The van der Waals surface area contributed by atoms with Gasteiger partial charge in [0, 0.05) is 17.3 Å². The molecule has 1 unspecified atom stereocenters. The largest absolute Gasteiger partial charge is 0.507 e. The van der Waals surface area contributed by atoms with Crippen LogP contribution in [0.3, 0.4) is 0 Å². The summed E-state index contributed by atoms with van der Waals surface area (Å²) in [6.45, 7) is 5.14. The molecule has 0 aromatic heterocycles. The van der Waals surface area contributed by atoms with E-state index in [1.165, 1.54) is 12.0 Å². The van der Waals surface area contributed by atoms with Crippen molar-refractivity contribution in [2.24, 2.45) is 0 Å². The van der Waals surface area contributed by atoms with E-state index in [1.807, 2.05) is 32.0 Å². The van der Waals surface area contributed by atoms with Crippen molar-refractivity contribution in [1.29, 1.82) is 0 Å². The molecule has 1 heterocycles. The van der Waals surface area contributed by atoms with Gasteiger partial charge in [-0.2, -0.15) is 0 Å². The number of carbonyl (C=O) groups is 2. The van der Waals surface area contributed by atoms with Gasteiger partial charge in [-0.25, -0.2) is 0 Å². The highest BCUT2D eigenvalue weighted by molar-refractivity contribution is 6.51. The Balaban J connectivity index is 1.85. The quantitative estimate of drug-likeness (QED) is 0.212. The summed E-state index contributed by atoms with van der Waals surface area (Å²) < 4.78 is 16.8. The van der Waals surface area contributed by atoms with E-state index in [4.69, 9.17) is 14.2 Å². The number of hydrogen-bond donors (Lipinski definition) is 1. The van der Waals surface area contributed by atoms with Crippen molar-refractivity contribution < 1.29 is 28.9 Å². The maximum Gasteiger partial charge on any atom is 0.300 e. The van der Waals surface area contributed by atoms with Crippen LogP contribution in [0.4, 0.5) is 5.69 Å². The van der Waals surface area contributed by atoms with Gasteiger partial charge in [-0.1, -0.05) is 32.0 Å². The Morgan fingerprint density at radius 2 is 1.49 bits per heavy atom. The smallest absolute Gasteiger partial charge is 0.300 e. The normalized spacial score (nSPS) is 16.6. The molecule has 3 aromatic rings. The average Bonchev–Trinajstić information content (AvgIpc) is 3.20. The molecule has 1 aliphatic rings. The van der Waals surface area contributed by atoms with Gasteiger partial charge in [-0.3, -0.25) is 14.5 Å². The standard InChI is InChI=1S/C30H31NO6/c1-4-16-36-23-14-12-20(13-15-23)28(32)26-27(21-8-6-11-25(18-21)37-17-5-2)31(30(34)29(26)33)22-9-7-10-24(19-22)35-3/h6-15,18-19,27,32H,4-5,16-17H2,1-3H3/b28-26+. The molecule has 4 rings (SSSR count). The molecule has 1 saturated heterocycles. The van der Waals surface area contributed by atoms with Gasteiger partial charge in [0.05, 0.1) is 31.9 Å². The summed E-state index contributed by atoms with van der Waals surface area (Å²) in [7, 11) is 1.53. The molecule has 7 heteroatoms. The van der Waals surface area contributed by atoms with Gasteiger partial charge in [-0.15, -0.1) is 0 Å². The molecule has 1 fully saturated rings. The van der Waals surface area contributed by atoms with Crippen molar-refractivity contribution in [2.45, 2.75) is 32.7 Å². The number of carbonyl (C=O) groups excluding carboxylic acids is 2. The molecular formula is C30H31NO6. The van der Waals surface area contributed by atoms with Crippen molar-refractivity contribution in [3.63, 3.8) is 0 Å². The van der Waals surface area contributed by atoms with Crippen LogP contribution in [0.2, 0.25) is 0 Å². The lowest BCUT2D eigenvalue weighted by Gasteiger charge is -2.26. The van der Waals surface area contributed by atoms with E-state index in [0.29, 0.717) is 47.3 Å². The minimum atomic E-state index is -0.867.